The number of nitrogens with zero attached hydrogens (tertiary/aromatic N) is 3. The van der Waals surface area contributed by atoms with E-state index in [9.17, 15) is 8.42 Å². The van der Waals surface area contributed by atoms with Gasteiger partial charge in [-0.1, -0.05) is 5.10 Å². The van der Waals surface area contributed by atoms with Crippen LogP contribution in [0.25, 0.3) is 0 Å². The molecule has 7 heteroatoms. The minimum Gasteiger partial charge on any atom is -0.223 e. The number of aromatic nitrogens is 3. The molecule has 0 saturated carbocycles. The van der Waals surface area contributed by atoms with Crippen molar-refractivity contribution in [3.8, 4) is 0 Å². The summed E-state index contributed by atoms with van der Waals surface area (Å²) in [6.45, 7) is 0. The van der Waals surface area contributed by atoms with Gasteiger partial charge in [-0.2, -0.15) is 0 Å². The first-order valence-corrected chi connectivity index (χ1v) is 2.78. The number of hydrogen-bond donors (Lipinski definition) is 1. The fourth-order valence-corrected chi connectivity index (χ4v) is 0.410. The highest BCUT2D eigenvalue weighted by molar-refractivity contribution is 7.72. The second-order valence-corrected chi connectivity index (χ2v) is 1.83. The van der Waals surface area contributed by atoms with Crippen molar-refractivity contribution in [2.24, 2.45) is 0 Å². The summed E-state index contributed by atoms with van der Waals surface area (Å²) in [6.07, 6.45) is 0. The van der Waals surface area contributed by atoms with Crippen LogP contribution in [0.3, 0.4) is 0 Å². The lowest BCUT2D eigenvalue weighted by atomic mass is 11.4. The lowest BCUT2D eigenvalue weighted by Gasteiger charge is -1.62. The molecule has 0 spiro atoms. The van der Waals surface area contributed by atoms with Crippen LogP contribution in [0.15, 0.2) is 9.79 Å². The summed E-state index contributed by atoms with van der Waals surface area (Å²) in [5.41, 5.74) is 0. The highest BCUT2D eigenvalue weighted by Gasteiger charge is 1.98. The Hall–Kier alpha value is -0.980. The van der Waals surface area contributed by atoms with Crippen LogP contribution in [0.4, 0.5) is 0 Å². The minimum atomic E-state index is -2.74. The van der Waals surface area contributed by atoms with Gasteiger partial charge in [-0.3, -0.25) is 0 Å². The highest BCUT2D eigenvalue weighted by atomic mass is 32.2. The molecule has 1 heterocycles. The van der Waals surface area contributed by atoms with Crippen molar-refractivity contribution in [2.45, 2.75) is 5.16 Å². The first-order valence-electron chi connectivity index (χ1n) is 1.60. The Bertz CT molecular complexity index is 217. The van der Waals surface area contributed by atoms with E-state index >= 15 is 0 Å². The Labute approximate surface area is 45.4 Å². The third kappa shape index (κ3) is 0.808. The largest absolute Gasteiger partial charge is 0.307 e. The summed E-state index contributed by atoms with van der Waals surface area (Å²) in [6, 6.07) is 0. The first-order chi connectivity index (χ1) is 3.80. The van der Waals surface area contributed by atoms with Crippen LogP contribution in [0, 0.1) is 0 Å². The molecule has 8 heavy (non-hydrogen) atoms. The van der Waals surface area contributed by atoms with Crippen molar-refractivity contribution in [3.05, 3.63) is 0 Å². The molecule has 0 radical (unpaired) electrons. The summed E-state index contributed by atoms with van der Waals surface area (Å²) in [5.74, 6) is 0. The van der Waals surface area contributed by atoms with Crippen molar-refractivity contribution in [3.63, 3.8) is 0 Å². The van der Waals surface area contributed by atoms with Gasteiger partial charge in [0.1, 0.15) is 0 Å². The number of rotatable bonds is 1. The van der Waals surface area contributed by atoms with E-state index in [0.29, 0.717) is 0 Å². The molecule has 0 aliphatic rings. The van der Waals surface area contributed by atoms with Crippen molar-refractivity contribution >= 4 is 10.7 Å². The van der Waals surface area contributed by atoms with Gasteiger partial charge < -0.3 is 0 Å². The van der Waals surface area contributed by atoms with Crippen molar-refractivity contribution in [1.82, 2.24) is 15.5 Å². The average molecular weight is 135 g/mol. The molecule has 0 fully saturated rings. The van der Waals surface area contributed by atoms with Gasteiger partial charge in [-0.25, -0.2) is 13.0 Å². The molecule has 0 aliphatic heterocycles. The van der Waals surface area contributed by atoms with Gasteiger partial charge in [0.05, 0.1) is 5.27 Å². The van der Waals surface area contributed by atoms with Gasteiger partial charge in [-0.15, -0.1) is 0 Å². The van der Waals surface area contributed by atoms with Crippen LogP contribution in [0.2, 0.25) is 0 Å². The Morgan fingerprint density at radius 3 is 2.50 bits per heavy atom. The molecule has 0 aliphatic carbocycles. The molecule has 0 N–H and O–H groups in total. The van der Waals surface area contributed by atoms with Crippen molar-refractivity contribution in [2.75, 3.05) is 0 Å². The van der Waals surface area contributed by atoms with Crippen LogP contribution >= 0.6 is 0 Å². The average Bonchev–Trinajstić information content (AvgIpc) is 2.12. The van der Waals surface area contributed by atoms with E-state index < -0.39 is 10.7 Å². The molecular formula is CHN3O3S. The third-order valence-corrected chi connectivity index (χ3v) is 0.950. The van der Waals surface area contributed by atoms with Crippen molar-refractivity contribution in [1.29, 1.82) is 0 Å². The maximum Gasteiger partial charge on any atom is 0.307 e. The molecule has 0 unspecified atom stereocenters. The Morgan fingerprint density at radius 1 is 1.50 bits per heavy atom. The molecular weight excluding hydrogens is 134 g/mol. The minimum absolute atomic E-state index is 0.389. The smallest absolute Gasteiger partial charge is 0.223 e. The van der Waals surface area contributed by atoms with Gasteiger partial charge in [0.2, 0.25) is 10.7 Å². The van der Waals surface area contributed by atoms with Gasteiger partial charge >= 0.3 is 5.16 Å². The molecule has 1 aromatic rings. The van der Waals surface area contributed by atoms with E-state index in [0.717, 1.165) is 0 Å². The first kappa shape index (κ1) is 5.16. The molecule has 44 valence electrons. The SMILES string of the molecule is O=[SH](=O)c1nnon1. The van der Waals surface area contributed by atoms with Crippen LogP contribution < -0.4 is 0 Å². The zero-order valence-corrected chi connectivity index (χ0v) is 4.41. The maximum absolute atomic E-state index is 9.87. The Balaban J connectivity index is 3.11. The lowest BCUT2D eigenvalue weighted by molar-refractivity contribution is 0.287. The summed E-state index contributed by atoms with van der Waals surface area (Å²) >= 11 is 0. The van der Waals surface area contributed by atoms with E-state index in [4.69, 9.17) is 0 Å². The second-order valence-electron chi connectivity index (χ2n) is 0.912. The predicted octanol–water partition coefficient (Wildman–Crippen LogP) is -1.57. The standard InChI is InChI=1S/CHN3O3S/c5-8(6)1-2-4-7-3-1/h8H. The van der Waals surface area contributed by atoms with E-state index in [1.165, 1.54) is 0 Å². The highest BCUT2D eigenvalue weighted by Crippen LogP contribution is 1.82. The van der Waals surface area contributed by atoms with Crippen LogP contribution in [-0.4, -0.2) is 23.9 Å². The lowest BCUT2D eigenvalue weighted by Crippen LogP contribution is -1.80. The van der Waals surface area contributed by atoms with Crippen LogP contribution in [-0.2, 0) is 10.7 Å². The van der Waals surface area contributed by atoms with E-state index in [1.54, 1.807) is 0 Å². The van der Waals surface area contributed by atoms with Crippen LogP contribution in [0.1, 0.15) is 0 Å². The third-order valence-electron chi connectivity index (χ3n) is 0.453. The Kier molecular flexibility index (Phi) is 1.20. The quantitative estimate of drug-likeness (QED) is 0.468. The van der Waals surface area contributed by atoms with Gasteiger partial charge in [0.25, 0.3) is 0 Å². The summed E-state index contributed by atoms with van der Waals surface area (Å²) in [7, 11) is -2.74. The summed E-state index contributed by atoms with van der Waals surface area (Å²) in [5, 5.41) is 8.35. The molecule has 0 saturated heterocycles. The fourth-order valence-electron chi connectivity index (χ4n) is 0.198. The van der Waals surface area contributed by atoms with Crippen LogP contribution in [0.5, 0.6) is 0 Å². The number of thiol groups is 1. The molecule has 1 rings (SSSR count). The van der Waals surface area contributed by atoms with E-state index in [1.807, 2.05) is 0 Å². The normalized spacial score (nSPS) is 10.1. The Morgan fingerprint density at radius 2 is 2.25 bits per heavy atom. The van der Waals surface area contributed by atoms with E-state index in [2.05, 4.69) is 20.2 Å². The zero-order chi connectivity index (χ0) is 5.98. The molecule has 0 amide bonds. The molecule has 0 bridgehead atoms. The van der Waals surface area contributed by atoms with Gasteiger partial charge in [0.15, 0.2) is 0 Å². The van der Waals surface area contributed by atoms with Gasteiger partial charge in [-0.05, 0) is 5.16 Å². The monoisotopic (exact) mass is 135 g/mol. The molecule has 1 aromatic heterocycles. The predicted molar refractivity (Wildman–Crippen MR) is 20.7 cm³/mol. The number of hydrogen-bond acceptors (Lipinski definition) is 6. The maximum atomic E-state index is 9.87. The summed E-state index contributed by atoms with van der Waals surface area (Å²) < 4.78 is 23.6. The molecule has 0 aromatic carbocycles. The van der Waals surface area contributed by atoms with Crippen molar-refractivity contribution < 1.29 is 13.0 Å². The summed E-state index contributed by atoms with van der Waals surface area (Å²) in [4.78, 5) is 0. The zero-order valence-electron chi connectivity index (χ0n) is 3.51. The van der Waals surface area contributed by atoms with E-state index in [-0.39, 0.29) is 5.16 Å². The van der Waals surface area contributed by atoms with Gasteiger partial charge in [0, 0.05) is 0 Å². The fraction of sp³-hybridized carbons (Fsp3) is 0. The molecule has 6 nitrogen and oxygen atoms in total. The molecule has 0 atom stereocenters. The topological polar surface area (TPSA) is 86.0 Å². The second kappa shape index (κ2) is 1.86.